The number of anilines is 1. The van der Waals surface area contributed by atoms with E-state index < -0.39 is 0 Å². The molecule has 0 unspecified atom stereocenters. The Balaban J connectivity index is 1.47. The molecule has 0 spiro atoms. The maximum atomic E-state index is 12.7. The number of benzene rings is 1. The van der Waals surface area contributed by atoms with Crippen molar-refractivity contribution in [1.29, 1.82) is 0 Å². The number of hydrogen-bond acceptors (Lipinski definition) is 6. The maximum absolute atomic E-state index is 12.7. The van der Waals surface area contributed by atoms with E-state index in [1.807, 2.05) is 18.2 Å². The summed E-state index contributed by atoms with van der Waals surface area (Å²) in [5.41, 5.74) is 1.30. The standard InChI is InChI=1S/C17H16ClN5OS/c1-11-19-10-12(18)15(20-11)16(24)22-6-8-23(9-7-22)17-21-13-4-2-3-5-14(13)25-17/h2-5,10H,6-9H2,1H3. The number of hydrogen-bond donors (Lipinski definition) is 0. The van der Waals surface area contributed by atoms with E-state index in [0.717, 1.165) is 23.7 Å². The van der Waals surface area contributed by atoms with E-state index in [9.17, 15) is 4.79 Å². The molecule has 3 aromatic rings. The first kappa shape index (κ1) is 16.2. The average Bonchev–Trinajstić information content (AvgIpc) is 3.07. The molecule has 0 radical (unpaired) electrons. The van der Waals surface area contributed by atoms with E-state index in [0.29, 0.717) is 23.9 Å². The molecule has 0 atom stereocenters. The molecule has 1 amide bonds. The molecule has 1 aromatic carbocycles. The number of aromatic nitrogens is 3. The molecule has 8 heteroatoms. The van der Waals surface area contributed by atoms with Crippen LogP contribution in [-0.4, -0.2) is 51.9 Å². The van der Waals surface area contributed by atoms with Crippen molar-refractivity contribution >= 4 is 44.2 Å². The number of para-hydroxylation sites is 1. The highest BCUT2D eigenvalue weighted by molar-refractivity contribution is 7.22. The molecule has 1 fully saturated rings. The normalized spacial score (nSPS) is 15.0. The Morgan fingerprint density at radius 1 is 1.16 bits per heavy atom. The van der Waals surface area contributed by atoms with Gasteiger partial charge in [0.1, 0.15) is 5.82 Å². The molecule has 3 heterocycles. The van der Waals surface area contributed by atoms with Gasteiger partial charge in [-0.2, -0.15) is 0 Å². The van der Waals surface area contributed by atoms with Crippen molar-refractivity contribution in [3.63, 3.8) is 0 Å². The molecule has 25 heavy (non-hydrogen) atoms. The largest absolute Gasteiger partial charge is 0.345 e. The predicted octanol–water partition coefficient (Wildman–Crippen LogP) is 3.01. The van der Waals surface area contributed by atoms with Crippen molar-refractivity contribution in [2.24, 2.45) is 0 Å². The fourth-order valence-corrected chi connectivity index (χ4v) is 4.04. The fraction of sp³-hybridized carbons (Fsp3) is 0.294. The zero-order valence-electron chi connectivity index (χ0n) is 13.6. The van der Waals surface area contributed by atoms with Crippen LogP contribution in [0.4, 0.5) is 5.13 Å². The number of fused-ring (bicyclic) bond motifs is 1. The van der Waals surface area contributed by atoms with Crippen LogP contribution in [0.3, 0.4) is 0 Å². The summed E-state index contributed by atoms with van der Waals surface area (Å²) in [5, 5.41) is 1.30. The van der Waals surface area contributed by atoms with E-state index in [1.54, 1.807) is 23.2 Å². The number of halogens is 1. The Hall–Kier alpha value is -2.25. The van der Waals surface area contributed by atoms with Crippen LogP contribution < -0.4 is 4.90 Å². The van der Waals surface area contributed by atoms with Crippen molar-refractivity contribution in [2.45, 2.75) is 6.92 Å². The Morgan fingerprint density at radius 2 is 1.92 bits per heavy atom. The van der Waals surface area contributed by atoms with Gasteiger partial charge in [-0.3, -0.25) is 4.79 Å². The Labute approximate surface area is 154 Å². The first-order valence-electron chi connectivity index (χ1n) is 8.01. The monoisotopic (exact) mass is 373 g/mol. The summed E-state index contributed by atoms with van der Waals surface area (Å²) in [7, 11) is 0. The van der Waals surface area contributed by atoms with E-state index in [4.69, 9.17) is 11.6 Å². The molecule has 0 bridgehead atoms. The highest BCUT2D eigenvalue weighted by Gasteiger charge is 2.26. The summed E-state index contributed by atoms with van der Waals surface area (Å²) in [6.45, 7) is 4.47. The van der Waals surface area contributed by atoms with Gasteiger partial charge in [-0.15, -0.1) is 0 Å². The molecule has 2 aromatic heterocycles. The van der Waals surface area contributed by atoms with Gasteiger partial charge in [-0.05, 0) is 19.1 Å². The fourth-order valence-electron chi connectivity index (χ4n) is 2.85. The molecular weight excluding hydrogens is 358 g/mol. The maximum Gasteiger partial charge on any atom is 0.274 e. The highest BCUT2D eigenvalue weighted by Crippen LogP contribution is 2.29. The molecule has 0 saturated carbocycles. The van der Waals surface area contributed by atoms with E-state index in [-0.39, 0.29) is 11.6 Å². The molecule has 1 saturated heterocycles. The first-order chi connectivity index (χ1) is 12.1. The minimum absolute atomic E-state index is 0.139. The third-order valence-electron chi connectivity index (χ3n) is 4.19. The van der Waals surface area contributed by atoms with Gasteiger partial charge in [-0.25, -0.2) is 15.0 Å². The van der Waals surface area contributed by atoms with Gasteiger partial charge in [0.25, 0.3) is 5.91 Å². The van der Waals surface area contributed by atoms with Gasteiger partial charge >= 0.3 is 0 Å². The van der Waals surface area contributed by atoms with Crippen LogP contribution in [0, 0.1) is 6.92 Å². The summed E-state index contributed by atoms with van der Waals surface area (Å²) >= 11 is 7.77. The molecular formula is C17H16ClN5OS. The van der Waals surface area contributed by atoms with Gasteiger partial charge in [0, 0.05) is 26.2 Å². The molecule has 0 aliphatic carbocycles. The number of aryl methyl sites for hydroxylation is 1. The van der Waals surface area contributed by atoms with Crippen LogP contribution in [0.15, 0.2) is 30.5 Å². The zero-order valence-corrected chi connectivity index (χ0v) is 15.2. The van der Waals surface area contributed by atoms with Crippen LogP contribution in [0.2, 0.25) is 5.02 Å². The Morgan fingerprint density at radius 3 is 2.68 bits per heavy atom. The second-order valence-electron chi connectivity index (χ2n) is 5.86. The van der Waals surface area contributed by atoms with Gasteiger partial charge in [-0.1, -0.05) is 35.1 Å². The lowest BCUT2D eigenvalue weighted by Crippen LogP contribution is -2.49. The smallest absolute Gasteiger partial charge is 0.274 e. The van der Waals surface area contributed by atoms with E-state index in [2.05, 4.69) is 25.9 Å². The SMILES string of the molecule is Cc1ncc(Cl)c(C(=O)N2CCN(c3nc4ccccc4s3)CC2)n1. The molecule has 1 aliphatic heterocycles. The molecule has 1 aliphatic rings. The summed E-state index contributed by atoms with van der Waals surface area (Å²) in [6.07, 6.45) is 1.48. The quantitative estimate of drug-likeness (QED) is 0.691. The van der Waals surface area contributed by atoms with E-state index in [1.165, 1.54) is 10.9 Å². The number of piperazine rings is 1. The summed E-state index contributed by atoms with van der Waals surface area (Å²) in [4.78, 5) is 29.6. The number of carbonyl (C=O) groups is 1. The lowest BCUT2D eigenvalue weighted by molar-refractivity contribution is 0.0740. The molecule has 128 valence electrons. The topological polar surface area (TPSA) is 62.2 Å². The lowest BCUT2D eigenvalue weighted by atomic mass is 10.2. The van der Waals surface area contributed by atoms with Gasteiger partial charge in [0.05, 0.1) is 21.4 Å². The Kier molecular flexibility index (Phi) is 4.27. The third kappa shape index (κ3) is 3.17. The molecule has 6 nitrogen and oxygen atoms in total. The summed E-state index contributed by atoms with van der Waals surface area (Å²) in [5.74, 6) is 0.403. The number of nitrogens with zero attached hydrogens (tertiary/aromatic N) is 5. The predicted molar refractivity (Wildman–Crippen MR) is 99.5 cm³/mol. The van der Waals surface area contributed by atoms with Crippen LogP contribution in [-0.2, 0) is 0 Å². The van der Waals surface area contributed by atoms with Gasteiger partial charge in [0.2, 0.25) is 0 Å². The Bertz CT molecular complexity index is 903. The highest BCUT2D eigenvalue weighted by atomic mass is 35.5. The molecule has 0 N–H and O–H groups in total. The minimum atomic E-state index is -0.139. The van der Waals surface area contributed by atoms with E-state index >= 15 is 0 Å². The number of carbonyl (C=O) groups excluding carboxylic acids is 1. The van der Waals surface area contributed by atoms with Crippen molar-refractivity contribution in [1.82, 2.24) is 19.9 Å². The lowest BCUT2D eigenvalue weighted by Gasteiger charge is -2.34. The van der Waals surface area contributed by atoms with Crippen molar-refractivity contribution in [3.8, 4) is 0 Å². The second-order valence-corrected chi connectivity index (χ2v) is 7.27. The zero-order chi connectivity index (χ0) is 17.4. The summed E-state index contributed by atoms with van der Waals surface area (Å²) in [6, 6.07) is 8.12. The second kappa shape index (κ2) is 6.57. The number of thiazole rings is 1. The first-order valence-corrected chi connectivity index (χ1v) is 9.20. The third-order valence-corrected chi connectivity index (χ3v) is 5.56. The van der Waals surface area contributed by atoms with Gasteiger partial charge in [0.15, 0.2) is 10.8 Å². The van der Waals surface area contributed by atoms with Crippen molar-refractivity contribution in [3.05, 3.63) is 47.0 Å². The summed E-state index contributed by atoms with van der Waals surface area (Å²) < 4.78 is 1.18. The average molecular weight is 374 g/mol. The van der Waals surface area contributed by atoms with Gasteiger partial charge < -0.3 is 9.80 Å². The minimum Gasteiger partial charge on any atom is -0.345 e. The van der Waals surface area contributed by atoms with Crippen LogP contribution in [0.5, 0.6) is 0 Å². The number of amides is 1. The van der Waals surface area contributed by atoms with Crippen LogP contribution >= 0.6 is 22.9 Å². The number of rotatable bonds is 2. The van der Waals surface area contributed by atoms with Crippen LogP contribution in [0.1, 0.15) is 16.3 Å². The van der Waals surface area contributed by atoms with Crippen molar-refractivity contribution < 1.29 is 4.79 Å². The van der Waals surface area contributed by atoms with Crippen LogP contribution in [0.25, 0.3) is 10.2 Å². The molecule has 4 rings (SSSR count). The van der Waals surface area contributed by atoms with Crippen molar-refractivity contribution in [2.75, 3.05) is 31.1 Å².